The van der Waals surface area contributed by atoms with Gasteiger partial charge in [0.25, 0.3) is 0 Å². The molecule has 4 nitrogen and oxygen atoms in total. The zero-order chi connectivity index (χ0) is 10.5. The molecule has 6 heteroatoms. The Bertz CT molecular complexity index is 229. The minimum absolute atomic E-state index is 0.173. The normalized spacial score (nSPS) is 14.8. The first-order valence-corrected chi connectivity index (χ1v) is 7.00. The molecule has 1 atom stereocenters. The molecule has 0 aromatic carbocycles. The van der Waals surface area contributed by atoms with Crippen LogP contribution in [0.2, 0.25) is 0 Å². The van der Waals surface area contributed by atoms with Crippen molar-refractivity contribution >= 4 is 21.8 Å². The number of nitrogens with two attached hydrogens (primary N) is 1. The standard InChI is InChI=1S/C7H18N2O2S2/c1-7(6-8)13(10,11)9(2)4-5-12-3/h7H,4-6,8H2,1-3H3. The highest BCUT2D eigenvalue weighted by Gasteiger charge is 2.23. The number of hydrogen-bond donors (Lipinski definition) is 1. The first kappa shape index (κ1) is 13.2. The van der Waals surface area contributed by atoms with Crippen LogP contribution in [0, 0.1) is 0 Å². The van der Waals surface area contributed by atoms with Crippen molar-refractivity contribution in [3.8, 4) is 0 Å². The second-order valence-corrected chi connectivity index (χ2v) is 6.35. The molecule has 0 fully saturated rings. The summed E-state index contributed by atoms with van der Waals surface area (Å²) in [6.07, 6.45) is 1.95. The van der Waals surface area contributed by atoms with Gasteiger partial charge in [-0.1, -0.05) is 0 Å². The zero-order valence-electron chi connectivity index (χ0n) is 8.36. The summed E-state index contributed by atoms with van der Waals surface area (Å²) in [5, 5.41) is -0.487. The van der Waals surface area contributed by atoms with E-state index in [1.165, 1.54) is 4.31 Å². The van der Waals surface area contributed by atoms with Crippen LogP contribution in [-0.2, 0) is 10.0 Å². The van der Waals surface area contributed by atoms with Crippen LogP contribution < -0.4 is 5.73 Å². The van der Waals surface area contributed by atoms with Gasteiger partial charge in [-0.2, -0.15) is 11.8 Å². The van der Waals surface area contributed by atoms with E-state index in [-0.39, 0.29) is 6.54 Å². The van der Waals surface area contributed by atoms with Crippen molar-refractivity contribution in [2.45, 2.75) is 12.2 Å². The van der Waals surface area contributed by atoms with Gasteiger partial charge in [-0.05, 0) is 13.2 Å². The molecule has 0 aliphatic carbocycles. The maximum Gasteiger partial charge on any atom is 0.217 e. The van der Waals surface area contributed by atoms with Crippen molar-refractivity contribution in [3.63, 3.8) is 0 Å². The van der Waals surface area contributed by atoms with Crippen LogP contribution in [0.15, 0.2) is 0 Å². The maximum atomic E-state index is 11.6. The summed E-state index contributed by atoms with van der Waals surface area (Å²) < 4.78 is 24.6. The Morgan fingerprint density at radius 3 is 2.46 bits per heavy atom. The highest BCUT2D eigenvalue weighted by atomic mass is 32.2. The number of nitrogens with zero attached hydrogens (tertiary/aromatic N) is 1. The largest absolute Gasteiger partial charge is 0.329 e. The Morgan fingerprint density at radius 1 is 1.54 bits per heavy atom. The first-order chi connectivity index (χ1) is 5.96. The van der Waals surface area contributed by atoms with E-state index in [2.05, 4.69) is 0 Å². The van der Waals surface area contributed by atoms with E-state index < -0.39 is 15.3 Å². The lowest BCUT2D eigenvalue weighted by Gasteiger charge is -2.20. The average molecular weight is 226 g/mol. The first-order valence-electron chi connectivity index (χ1n) is 4.11. The van der Waals surface area contributed by atoms with E-state index in [0.717, 1.165) is 5.75 Å². The van der Waals surface area contributed by atoms with Gasteiger partial charge in [0, 0.05) is 25.9 Å². The predicted molar refractivity (Wildman–Crippen MR) is 58.4 cm³/mol. The van der Waals surface area contributed by atoms with Crippen LogP contribution in [0.3, 0.4) is 0 Å². The summed E-state index contributed by atoms with van der Waals surface area (Å²) in [5.74, 6) is 0.813. The smallest absolute Gasteiger partial charge is 0.217 e. The fourth-order valence-electron chi connectivity index (χ4n) is 0.776. The Morgan fingerprint density at radius 2 is 2.08 bits per heavy atom. The molecule has 13 heavy (non-hydrogen) atoms. The van der Waals surface area contributed by atoms with Crippen LogP contribution in [0.5, 0.6) is 0 Å². The third kappa shape index (κ3) is 3.84. The minimum atomic E-state index is -3.17. The molecule has 0 heterocycles. The Labute approximate surface area is 84.9 Å². The zero-order valence-corrected chi connectivity index (χ0v) is 9.99. The van der Waals surface area contributed by atoms with Crippen LogP contribution in [-0.4, -0.2) is 50.1 Å². The molecule has 0 saturated heterocycles. The fraction of sp³-hybridized carbons (Fsp3) is 1.00. The summed E-state index contributed by atoms with van der Waals surface area (Å²) in [6, 6.07) is 0. The molecule has 0 aromatic rings. The van der Waals surface area contributed by atoms with Crippen molar-refractivity contribution in [1.29, 1.82) is 0 Å². The van der Waals surface area contributed by atoms with Gasteiger partial charge < -0.3 is 5.73 Å². The van der Waals surface area contributed by atoms with E-state index >= 15 is 0 Å². The maximum absolute atomic E-state index is 11.6. The molecule has 0 aromatic heterocycles. The molecule has 80 valence electrons. The molecule has 0 aliphatic heterocycles. The molecule has 1 unspecified atom stereocenters. The van der Waals surface area contributed by atoms with Crippen LogP contribution >= 0.6 is 11.8 Å². The second-order valence-electron chi connectivity index (χ2n) is 2.91. The number of hydrogen-bond acceptors (Lipinski definition) is 4. The van der Waals surface area contributed by atoms with E-state index in [4.69, 9.17) is 5.73 Å². The van der Waals surface area contributed by atoms with Crippen LogP contribution in [0.4, 0.5) is 0 Å². The molecule has 2 N–H and O–H groups in total. The van der Waals surface area contributed by atoms with Gasteiger partial charge in [0.1, 0.15) is 0 Å². The second kappa shape index (κ2) is 5.85. The number of sulfonamides is 1. The molecule has 0 aliphatic rings. The Hall–Kier alpha value is 0.220. The summed E-state index contributed by atoms with van der Waals surface area (Å²) >= 11 is 1.63. The van der Waals surface area contributed by atoms with Crippen molar-refractivity contribution in [2.24, 2.45) is 5.73 Å². The van der Waals surface area contributed by atoms with Gasteiger partial charge in [0.2, 0.25) is 10.0 Å². The third-order valence-electron chi connectivity index (χ3n) is 1.89. The molecular weight excluding hydrogens is 208 g/mol. The predicted octanol–water partition coefficient (Wildman–Crippen LogP) is -0.0418. The number of thioether (sulfide) groups is 1. The molecule has 0 saturated carbocycles. The highest BCUT2D eigenvalue weighted by molar-refractivity contribution is 7.98. The lowest BCUT2D eigenvalue weighted by Crippen LogP contribution is -2.39. The molecule has 0 spiro atoms. The quantitative estimate of drug-likeness (QED) is 0.690. The van der Waals surface area contributed by atoms with Crippen molar-refractivity contribution in [2.75, 3.05) is 32.1 Å². The highest BCUT2D eigenvalue weighted by Crippen LogP contribution is 2.06. The van der Waals surface area contributed by atoms with Gasteiger partial charge in [-0.25, -0.2) is 12.7 Å². The molecule has 0 rings (SSSR count). The van der Waals surface area contributed by atoms with Crippen molar-refractivity contribution < 1.29 is 8.42 Å². The van der Waals surface area contributed by atoms with Gasteiger partial charge in [0.15, 0.2) is 0 Å². The van der Waals surface area contributed by atoms with Gasteiger partial charge in [-0.3, -0.25) is 0 Å². The van der Waals surface area contributed by atoms with E-state index in [9.17, 15) is 8.42 Å². The molecule has 0 amide bonds. The summed E-state index contributed by atoms with van der Waals surface area (Å²) in [4.78, 5) is 0. The van der Waals surface area contributed by atoms with Gasteiger partial charge in [-0.15, -0.1) is 0 Å². The van der Waals surface area contributed by atoms with Crippen LogP contribution in [0.25, 0.3) is 0 Å². The lowest BCUT2D eigenvalue weighted by molar-refractivity contribution is 0.478. The Kier molecular flexibility index (Phi) is 5.95. The fourth-order valence-corrected chi connectivity index (χ4v) is 2.55. The van der Waals surface area contributed by atoms with Crippen LogP contribution in [0.1, 0.15) is 6.92 Å². The monoisotopic (exact) mass is 226 g/mol. The lowest BCUT2D eigenvalue weighted by atomic mass is 10.5. The van der Waals surface area contributed by atoms with E-state index in [1.54, 1.807) is 25.7 Å². The Balaban J connectivity index is 4.28. The topological polar surface area (TPSA) is 63.4 Å². The molecule has 0 radical (unpaired) electrons. The average Bonchev–Trinajstić information content (AvgIpc) is 2.12. The third-order valence-corrected chi connectivity index (χ3v) is 4.74. The van der Waals surface area contributed by atoms with Gasteiger partial charge >= 0.3 is 0 Å². The van der Waals surface area contributed by atoms with E-state index in [0.29, 0.717) is 6.54 Å². The molecule has 0 bridgehead atoms. The summed E-state index contributed by atoms with van der Waals surface area (Å²) in [5.41, 5.74) is 5.31. The minimum Gasteiger partial charge on any atom is -0.329 e. The van der Waals surface area contributed by atoms with Crippen molar-refractivity contribution in [3.05, 3.63) is 0 Å². The SMILES string of the molecule is CSCCN(C)S(=O)(=O)C(C)CN. The summed E-state index contributed by atoms with van der Waals surface area (Å²) in [6.45, 7) is 2.35. The van der Waals surface area contributed by atoms with E-state index in [1.807, 2.05) is 6.26 Å². The number of rotatable bonds is 6. The molecular formula is C7H18N2O2S2. The van der Waals surface area contributed by atoms with Gasteiger partial charge in [0.05, 0.1) is 5.25 Å². The van der Waals surface area contributed by atoms with Crippen molar-refractivity contribution in [1.82, 2.24) is 4.31 Å². The summed E-state index contributed by atoms with van der Waals surface area (Å²) in [7, 11) is -1.57.